The van der Waals surface area contributed by atoms with Gasteiger partial charge in [0.25, 0.3) is 0 Å². The van der Waals surface area contributed by atoms with Crippen molar-refractivity contribution in [3.63, 3.8) is 0 Å². The van der Waals surface area contributed by atoms with E-state index in [0.717, 1.165) is 77.9 Å². The number of hydrogen-bond acceptors (Lipinski definition) is 3. The van der Waals surface area contributed by atoms with Crippen LogP contribution < -0.4 is 4.90 Å². The Labute approximate surface area is 216 Å². The fraction of sp³-hybridized carbons (Fsp3) is 0.258. The molecule has 1 amide bonds. The molecule has 1 fully saturated rings. The van der Waals surface area contributed by atoms with E-state index >= 15 is 0 Å². The van der Waals surface area contributed by atoms with Crippen molar-refractivity contribution in [2.45, 2.75) is 44.1 Å². The molecule has 6 heteroatoms. The van der Waals surface area contributed by atoms with Gasteiger partial charge in [-0.1, -0.05) is 61.7 Å². The van der Waals surface area contributed by atoms with Crippen LogP contribution in [0.25, 0.3) is 28.1 Å². The largest absolute Gasteiger partial charge is 0.478 e. The summed E-state index contributed by atoms with van der Waals surface area (Å²) in [6.45, 7) is 0. The van der Waals surface area contributed by atoms with Gasteiger partial charge in [0.2, 0.25) is 6.41 Å². The number of aromatic nitrogens is 2. The van der Waals surface area contributed by atoms with E-state index in [4.69, 9.17) is 5.11 Å². The Balaban J connectivity index is 1.43. The molecule has 0 radical (unpaired) electrons. The Hall–Kier alpha value is -4.19. The second kappa shape index (κ2) is 10.4. The highest BCUT2D eigenvalue weighted by molar-refractivity contribution is 5.86. The van der Waals surface area contributed by atoms with Crippen molar-refractivity contribution in [1.82, 2.24) is 9.78 Å². The lowest BCUT2D eigenvalue weighted by Gasteiger charge is -2.45. The molecule has 1 N–H and O–H groups in total. The molecule has 1 aromatic heterocycles. The summed E-state index contributed by atoms with van der Waals surface area (Å²) < 4.78 is 1.88. The molecule has 0 unspecified atom stereocenters. The summed E-state index contributed by atoms with van der Waals surface area (Å²) in [4.78, 5) is 25.4. The first kappa shape index (κ1) is 24.5. The molecular formula is C31H31N3O3. The van der Waals surface area contributed by atoms with E-state index in [1.807, 2.05) is 47.1 Å². The van der Waals surface area contributed by atoms with Gasteiger partial charge in [-0.3, -0.25) is 9.48 Å². The first-order valence-electron chi connectivity index (χ1n) is 12.7. The maximum Gasteiger partial charge on any atom is 0.328 e. The summed E-state index contributed by atoms with van der Waals surface area (Å²) in [5.74, 6) is -0.995. The van der Waals surface area contributed by atoms with Gasteiger partial charge in [-0.15, -0.1) is 0 Å². The summed E-state index contributed by atoms with van der Waals surface area (Å²) in [5, 5.41) is 14.5. The molecule has 188 valence electrons. The number of hydrogen-bond donors (Lipinski definition) is 1. The minimum atomic E-state index is -0.995. The van der Waals surface area contributed by atoms with E-state index < -0.39 is 5.97 Å². The van der Waals surface area contributed by atoms with Crippen molar-refractivity contribution in [3.05, 3.63) is 90.1 Å². The molecule has 0 spiro atoms. The molecule has 4 aromatic rings. The summed E-state index contributed by atoms with van der Waals surface area (Å²) in [6, 6.07) is 22.6. The first-order chi connectivity index (χ1) is 18.0. The number of carboxylic acids is 1. The van der Waals surface area contributed by atoms with Crippen molar-refractivity contribution in [1.29, 1.82) is 0 Å². The number of carboxylic acid groups (broad SMARTS) is 1. The lowest BCUT2D eigenvalue weighted by atomic mass is 9.76. The van der Waals surface area contributed by atoms with Gasteiger partial charge in [-0.25, -0.2) is 4.79 Å². The Morgan fingerprint density at radius 3 is 2.51 bits per heavy atom. The molecule has 0 aliphatic heterocycles. The van der Waals surface area contributed by atoms with Crippen LogP contribution in [0, 0.1) is 0 Å². The molecular weight excluding hydrogens is 462 g/mol. The highest BCUT2D eigenvalue weighted by Crippen LogP contribution is 2.39. The standard InChI is InChI=1S/C31H31N3O3/c1-33-29-14-13-26(19-27(29)21-32-33)25-11-8-24(9-12-25)20-31(16-3-2-4-17-31)34(22-35)28-7-5-6-23(18-28)10-15-30(36)37/h5-15,18-19,21-22H,2-4,16-17,20H2,1H3,(H,36,37)/b15-10+. The third-order valence-corrected chi connectivity index (χ3v) is 7.53. The number of aliphatic carboxylic acids is 1. The maximum atomic E-state index is 12.5. The molecule has 0 saturated heterocycles. The van der Waals surface area contributed by atoms with Crippen LogP contribution in [0.15, 0.2) is 79.0 Å². The van der Waals surface area contributed by atoms with Crippen LogP contribution >= 0.6 is 0 Å². The quantitative estimate of drug-likeness (QED) is 0.233. The van der Waals surface area contributed by atoms with E-state index in [-0.39, 0.29) is 5.54 Å². The van der Waals surface area contributed by atoms with Gasteiger partial charge in [0.15, 0.2) is 0 Å². The van der Waals surface area contributed by atoms with Crippen molar-refractivity contribution in [3.8, 4) is 11.1 Å². The van der Waals surface area contributed by atoms with Gasteiger partial charge in [0.05, 0.1) is 17.3 Å². The van der Waals surface area contributed by atoms with E-state index in [2.05, 4.69) is 47.6 Å². The van der Waals surface area contributed by atoms with Crippen LogP contribution in [-0.2, 0) is 23.1 Å². The Kier molecular flexibility index (Phi) is 6.91. The minimum absolute atomic E-state index is 0.314. The average molecular weight is 494 g/mol. The number of anilines is 1. The second-order valence-electron chi connectivity index (χ2n) is 9.94. The SMILES string of the molecule is Cn1ncc2cc(-c3ccc(CC4(N(C=O)c5cccc(/C=C/C(=O)O)c5)CCCCC4)cc3)ccc21. The summed E-state index contributed by atoms with van der Waals surface area (Å²) in [6.07, 6.45) is 11.5. The summed E-state index contributed by atoms with van der Waals surface area (Å²) in [7, 11) is 1.95. The highest BCUT2D eigenvalue weighted by atomic mass is 16.4. The highest BCUT2D eigenvalue weighted by Gasteiger charge is 2.38. The zero-order valence-corrected chi connectivity index (χ0v) is 21.0. The van der Waals surface area contributed by atoms with Crippen molar-refractivity contribution in [2.24, 2.45) is 7.05 Å². The monoisotopic (exact) mass is 493 g/mol. The van der Waals surface area contributed by atoms with E-state index in [9.17, 15) is 9.59 Å². The zero-order chi connectivity index (χ0) is 25.8. The van der Waals surface area contributed by atoms with Gasteiger partial charge >= 0.3 is 5.97 Å². The average Bonchev–Trinajstić information content (AvgIpc) is 3.29. The van der Waals surface area contributed by atoms with E-state index in [0.29, 0.717) is 0 Å². The molecule has 0 bridgehead atoms. The normalized spacial score (nSPS) is 15.2. The van der Waals surface area contributed by atoms with Crippen LogP contribution in [0.2, 0.25) is 0 Å². The van der Waals surface area contributed by atoms with Gasteiger partial charge in [0.1, 0.15) is 0 Å². The number of carbonyl (C=O) groups excluding carboxylic acids is 1. The van der Waals surface area contributed by atoms with Crippen LogP contribution in [0.1, 0.15) is 43.2 Å². The molecule has 1 aliphatic rings. The number of benzene rings is 3. The number of amides is 1. The maximum absolute atomic E-state index is 12.5. The van der Waals surface area contributed by atoms with Crippen molar-refractivity contribution >= 4 is 35.0 Å². The molecule has 1 saturated carbocycles. The van der Waals surface area contributed by atoms with Gasteiger partial charge in [-0.05, 0) is 71.9 Å². The van der Waals surface area contributed by atoms with E-state index in [1.165, 1.54) is 12.0 Å². The van der Waals surface area contributed by atoms with Crippen LogP contribution in [0.4, 0.5) is 5.69 Å². The molecule has 3 aromatic carbocycles. The van der Waals surface area contributed by atoms with Crippen LogP contribution in [0.5, 0.6) is 0 Å². The van der Waals surface area contributed by atoms with Crippen molar-refractivity contribution < 1.29 is 14.7 Å². The van der Waals surface area contributed by atoms with Gasteiger partial charge in [-0.2, -0.15) is 5.10 Å². The second-order valence-corrected chi connectivity index (χ2v) is 9.94. The number of rotatable bonds is 8. The Bertz CT molecular complexity index is 1450. The molecule has 1 aliphatic carbocycles. The molecule has 1 heterocycles. The summed E-state index contributed by atoms with van der Waals surface area (Å²) >= 11 is 0. The lowest BCUT2D eigenvalue weighted by molar-refractivity contribution is -0.131. The fourth-order valence-corrected chi connectivity index (χ4v) is 5.64. The number of fused-ring (bicyclic) bond motifs is 1. The zero-order valence-electron chi connectivity index (χ0n) is 21.0. The lowest BCUT2D eigenvalue weighted by Crippen LogP contribution is -2.51. The number of carbonyl (C=O) groups is 2. The van der Waals surface area contributed by atoms with Gasteiger partial charge in [0, 0.05) is 24.2 Å². The predicted molar refractivity (Wildman–Crippen MR) is 147 cm³/mol. The molecule has 5 rings (SSSR count). The van der Waals surface area contributed by atoms with Crippen molar-refractivity contribution in [2.75, 3.05) is 4.90 Å². The van der Waals surface area contributed by atoms with E-state index in [1.54, 1.807) is 6.08 Å². The third kappa shape index (κ3) is 5.19. The van der Waals surface area contributed by atoms with Crippen LogP contribution in [0.3, 0.4) is 0 Å². The molecule has 0 atom stereocenters. The summed E-state index contributed by atoms with van der Waals surface area (Å²) in [5.41, 5.74) is 5.85. The third-order valence-electron chi connectivity index (χ3n) is 7.53. The fourth-order valence-electron chi connectivity index (χ4n) is 5.64. The predicted octanol–water partition coefficient (Wildman–Crippen LogP) is 6.25. The smallest absolute Gasteiger partial charge is 0.328 e. The van der Waals surface area contributed by atoms with Crippen LogP contribution in [-0.4, -0.2) is 32.8 Å². The Morgan fingerprint density at radius 1 is 1.03 bits per heavy atom. The Morgan fingerprint density at radius 2 is 1.78 bits per heavy atom. The van der Waals surface area contributed by atoms with Gasteiger partial charge < -0.3 is 10.0 Å². The first-order valence-corrected chi connectivity index (χ1v) is 12.7. The minimum Gasteiger partial charge on any atom is -0.478 e. The topological polar surface area (TPSA) is 75.4 Å². The number of nitrogens with zero attached hydrogens (tertiary/aromatic N) is 3. The molecule has 6 nitrogen and oxygen atoms in total. The number of aryl methyl sites for hydroxylation is 1. The molecule has 37 heavy (non-hydrogen) atoms.